The zero-order valence-electron chi connectivity index (χ0n) is 10.1. The number of ether oxygens (including phenoxy) is 1. The van der Waals surface area contributed by atoms with Crippen molar-refractivity contribution in [2.24, 2.45) is 0 Å². The average Bonchev–Trinajstić information content (AvgIpc) is 2.45. The molecule has 3 nitrogen and oxygen atoms in total. The number of hydrogen-bond acceptors (Lipinski definition) is 3. The van der Waals surface area contributed by atoms with Crippen LogP contribution in [0.2, 0.25) is 0 Å². The molecule has 1 N–H and O–H groups in total. The van der Waals surface area contributed by atoms with Crippen LogP contribution in [0.5, 0.6) is 5.88 Å². The quantitative estimate of drug-likeness (QED) is 0.865. The normalized spacial score (nSPS) is 10.3. The molecule has 0 radical (unpaired) electrons. The van der Waals surface area contributed by atoms with Gasteiger partial charge in [0.15, 0.2) is 17.5 Å². The number of nitrogens with zero attached hydrogens (tertiary/aromatic N) is 1. The first-order valence-corrected chi connectivity index (χ1v) is 5.48. The topological polar surface area (TPSA) is 34.1 Å². The van der Waals surface area contributed by atoms with Crippen LogP contribution in [0.1, 0.15) is 5.56 Å². The number of rotatable bonds is 4. The summed E-state index contributed by atoms with van der Waals surface area (Å²) in [7, 11) is 1.50. The summed E-state index contributed by atoms with van der Waals surface area (Å²) >= 11 is 0. The molecule has 0 fully saturated rings. The van der Waals surface area contributed by atoms with E-state index in [4.69, 9.17) is 4.74 Å². The third-order valence-corrected chi connectivity index (χ3v) is 2.52. The molecule has 0 aliphatic rings. The molecule has 0 aliphatic carbocycles. The van der Waals surface area contributed by atoms with Gasteiger partial charge >= 0.3 is 0 Å². The smallest absolute Gasteiger partial charge is 0.212 e. The van der Waals surface area contributed by atoms with Crippen LogP contribution >= 0.6 is 0 Å². The van der Waals surface area contributed by atoms with Gasteiger partial charge in [0.25, 0.3) is 0 Å². The molecule has 6 heteroatoms. The first-order chi connectivity index (χ1) is 9.11. The van der Waals surface area contributed by atoms with Crippen molar-refractivity contribution in [2.45, 2.75) is 6.54 Å². The zero-order chi connectivity index (χ0) is 13.8. The molecule has 0 amide bonds. The van der Waals surface area contributed by atoms with Crippen molar-refractivity contribution in [3.63, 3.8) is 0 Å². The van der Waals surface area contributed by atoms with E-state index in [1.54, 1.807) is 18.3 Å². The van der Waals surface area contributed by atoms with E-state index in [0.717, 1.165) is 17.7 Å². The summed E-state index contributed by atoms with van der Waals surface area (Å²) < 4.78 is 44.0. The highest BCUT2D eigenvalue weighted by molar-refractivity contribution is 5.45. The Morgan fingerprint density at radius 2 is 1.89 bits per heavy atom. The highest BCUT2D eigenvalue weighted by Crippen LogP contribution is 2.20. The van der Waals surface area contributed by atoms with Crippen molar-refractivity contribution >= 4 is 5.69 Å². The van der Waals surface area contributed by atoms with Crippen LogP contribution < -0.4 is 10.1 Å². The molecule has 2 rings (SSSR count). The Morgan fingerprint density at radius 1 is 1.11 bits per heavy atom. The van der Waals surface area contributed by atoms with Crippen LogP contribution in [-0.4, -0.2) is 12.1 Å². The van der Waals surface area contributed by atoms with Crippen LogP contribution in [0, 0.1) is 17.5 Å². The highest BCUT2D eigenvalue weighted by Gasteiger charge is 2.12. The second kappa shape index (κ2) is 5.60. The zero-order valence-corrected chi connectivity index (χ0v) is 10.1. The lowest BCUT2D eigenvalue weighted by Gasteiger charge is -2.08. The van der Waals surface area contributed by atoms with Gasteiger partial charge < -0.3 is 10.1 Å². The molecule has 0 saturated heterocycles. The summed E-state index contributed by atoms with van der Waals surface area (Å²) in [6.07, 6.45) is 1.55. The molecule has 0 bridgehead atoms. The van der Waals surface area contributed by atoms with Crippen molar-refractivity contribution < 1.29 is 17.9 Å². The fraction of sp³-hybridized carbons (Fsp3) is 0.154. The Morgan fingerprint density at radius 3 is 2.53 bits per heavy atom. The van der Waals surface area contributed by atoms with Gasteiger partial charge in [0.05, 0.1) is 12.8 Å². The van der Waals surface area contributed by atoms with E-state index in [2.05, 4.69) is 10.3 Å². The van der Waals surface area contributed by atoms with Gasteiger partial charge in [-0.25, -0.2) is 18.2 Å². The predicted octanol–water partition coefficient (Wildman–Crippen LogP) is 3.12. The summed E-state index contributed by atoms with van der Waals surface area (Å²) in [6, 6.07) is 5.40. The first-order valence-electron chi connectivity index (χ1n) is 5.48. The van der Waals surface area contributed by atoms with E-state index in [1.807, 2.05) is 0 Å². The van der Waals surface area contributed by atoms with Gasteiger partial charge in [0.1, 0.15) is 0 Å². The van der Waals surface area contributed by atoms with Crippen molar-refractivity contribution in [2.75, 3.05) is 12.4 Å². The fourth-order valence-electron chi connectivity index (χ4n) is 1.50. The summed E-state index contributed by atoms with van der Waals surface area (Å²) in [5, 5.41) is 2.67. The molecular weight excluding hydrogens is 257 g/mol. The molecule has 0 saturated carbocycles. The predicted molar refractivity (Wildman–Crippen MR) is 64.4 cm³/mol. The molecule has 1 aromatic heterocycles. The highest BCUT2D eigenvalue weighted by atomic mass is 19.2. The Hall–Kier alpha value is -2.24. The molecule has 2 aromatic rings. The third-order valence-electron chi connectivity index (χ3n) is 2.52. The monoisotopic (exact) mass is 268 g/mol. The first kappa shape index (κ1) is 13.2. The van der Waals surface area contributed by atoms with E-state index in [-0.39, 0.29) is 12.2 Å². The molecule has 0 atom stereocenters. The van der Waals surface area contributed by atoms with Crippen LogP contribution in [0.25, 0.3) is 0 Å². The number of hydrogen-bond donors (Lipinski definition) is 1. The van der Waals surface area contributed by atoms with Crippen molar-refractivity contribution in [1.29, 1.82) is 0 Å². The largest absolute Gasteiger partial charge is 0.481 e. The Bertz CT molecular complexity index is 573. The maximum Gasteiger partial charge on any atom is 0.212 e. The third kappa shape index (κ3) is 2.96. The Labute approximate surface area is 108 Å². The van der Waals surface area contributed by atoms with Gasteiger partial charge in [0, 0.05) is 18.8 Å². The number of aromatic nitrogens is 1. The minimum absolute atomic E-state index is 0.102. The van der Waals surface area contributed by atoms with Crippen LogP contribution in [-0.2, 0) is 6.54 Å². The summed E-state index contributed by atoms with van der Waals surface area (Å²) in [4.78, 5) is 3.97. The average molecular weight is 268 g/mol. The van der Waals surface area contributed by atoms with Gasteiger partial charge in [-0.05, 0) is 17.7 Å². The minimum Gasteiger partial charge on any atom is -0.481 e. The molecule has 0 unspecified atom stereocenters. The maximum absolute atomic E-state index is 13.4. The van der Waals surface area contributed by atoms with Crippen molar-refractivity contribution in [1.82, 2.24) is 4.98 Å². The van der Waals surface area contributed by atoms with Crippen molar-refractivity contribution in [3.05, 3.63) is 53.5 Å². The number of halogens is 3. The van der Waals surface area contributed by atoms with Crippen molar-refractivity contribution in [3.8, 4) is 5.88 Å². The molecular formula is C13H11F3N2O. The second-order valence-electron chi connectivity index (χ2n) is 3.79. The van der Waals surface area contributed by atoms with E-state index in [0.29, 0.717) is 5.88 Å². The SMILES string of the molecule is COc1ccc(CNc2ccc(F)c(F)c2F)cn1. The van der Waals surface area contributed by atoms with Gasteiger partial charge in [-0.1, -0.05) is 6.07 Å². The minimum atomic E-state index is -1.49. The number of benzene rings is 1. The number of nitrogens with one attached hydrogen (secondary N) is 1. The number of pyridine rings is 1. The summed E-state index contributed by atoms with van der Waals surface area (Å²) in [5.41, 5.74) is 0.652. The van der Waals surface area contributed by atoms with Crippen LogP contribution in [0.15, 0.2) is 30.5 Å². The standard InChI is InChI=1S/C13H11F3N2O/c1-19-11-5-2-8(7-18-11)6-17-10-4-3-9(14)12(15)13(10)16/h2-5,7,17H,6H2,1H3. The van der Waals surface area contributed by atoms with E-state index >= 15 is 0 Å². The second-order valence-corrected chi connectivity index (χ2v) is 3.79. The maximum atomic E-state index is 13.4. The lowest BCUT2D eigenvalue weighted by Crippen LogP contribution is -2.04. The van der Waals surface area contributed by atoms with Gasteiger partial charge in [-0.3, -0.25) is 0 Å². The number of methoxy groups -OCH3 is 1. The Kier molecular flexibility index (Phi) is 3.89. The molecule has 19 heavy (non-hydrogen) atoms. The van der Waals surface area contributed by atoms with Crippen LogP contribution in [0.4, 0.5) is 18.9 Å². The van der Waals surface area contributed by atoms with Gasteiger partial charge in [-0.15, -0.1) is 0 Å². The van der Waals surface area contributed by atoms with E-state index in [1.165, 1.54) is 7.11 Å². The molecule has 100 valence electrons. The molecule has 0 aliphatic heterocycles. The summed E-state index contributed by atoms with van der Waals surface area (Å²) in [6.45, 7) is 0.235. The lowest BCUT2D eigenvalue weighted by molar-refractivity contribution is 0.397. The number of anilines is 1. The van der Waals surface area contributed by atoms with E-state index in [9.17, 15) is 13.2 Å². The molecule has 1 heterocycles. The van der Waals surface area contributed by atoms with Gasteiger partial charge in [-0.2, -0.15) is 0 Å². The lowest BCUT2D eigenvalue weighted by atomic mass is 10.2. The molecule has 0 spiro atoms. The Balaban J connectivity index is 2.08. The van der Waals surface area contributed by atoms with E-state index < -0.39 is 17.5 Å². The van der Waals surface area contributed by atoms with Gasteiger partial charge in [0.2, 0.25) is 5.88 Å². The fourth-order valence-corrected chi connectivity index (χ4v) is 1.50. The molecule has 1 aromatic carbocycles. The van der Waals surface area contributed by atoms with Crippen LogP contribution in [0.3, 0.4) is 0 Å². The summed E-state index contributed by atoms with van der Waals surface area (Å²) in [5.74, 6) is -3.48.